The number of rotatable bonds is 4. The summed E-state index contributed by atoms with van der Waals surface area (Å²) >= 11 is 0. The average molecular weight is 192 g/mol. The summed E-state index contributed by atoms with van der Waals surface area (Å²) in [4.78, 5) is 10.8. The molecule has 0 heterocycles. The number of aromatic carboxylic acids is 1. The molecule has 1 aromatic rings. The molecule has 0 saturated carbocycles. The number of hydrogen-bond donors (Lipinski definition) is 1. The lowest BCUT2D eigenvalue weighted by atomic mass is 10.1. The number of carboxylic acid groups (broad SMARTS) is 1. The van der Waals surface area contributed by atoms with E-state index in [9.17, 15) is 4.79 Å². The third kappa shape index (κ3) is 2.13. The van der Waals surface area contributed by atoms with Crippen molar-refractivity contribution in [3.8, 4) is 5.75 Å². The molecule has 0 spiro atoms. The van der Waals surface area contributed by atoms with Gasteiger partial charge >= 0.3 is 5.97 Å². The van der Waals surface area contributed by atoms with E-state index in [4.69, 9.17) is 9.84 Å². The highest BCUT2D eigenvalue weighted by molar-refractivity contribution is 5.90. The van der Waals surface area contributed by atoms with Crippen LogP contribution >= 0.6 is 0 Å². The third-order valence-corrected chi connectivity index (χ3v) is 1.87. The second kappa shape index (κ2) is 4.46. The summed E-state index contributed by atoms with van der Waals surface area (Å²) in [5.74, 6) is -0.351. The maximum Gasteiger partial charge on any atom is 0.336 e. The zero-order valence-electron chi connectivity index (χ0n) is 7.99. The van der Waals surface area contributed by atoms with Crippen molar-refractivity contribution in [2.45, 2.75) is 6.92 Å². The van der Waals surface area contributed by atoms with Crippen LogP contribution in [0.3, 0.4) is 0 Å². The van der Waals surface area contributed by atoms with Crippen LogP contribution in [0.4, 0.5) is 0 Å². The van der Waals surface area contributed by atoms with Crippen molar-refractivity contribution >= 4 is 5.97 Å². The van der Waals surface area contributed by atoms with Crippen LogP contribution in [-0.4, -0.2) is 17.7 Å². The Bertz CT molecular complexity index is 356. The van der Waals surface area contributed by atoms with E-state index in [0.29, 0.717) is 17.9 Å². The van der Waals surface area contributed by atoms with Gasteiger partial charge in [-0.05, 0) is 19.1 Å². The lowest BCUT2D eigenvalue weighted by Crippen LogP contribution is -2.02. The van der Waals surface area contributed by atoms with Crippen molar-refractivity contribution in [2.24, 2.45) is 0 Å². The lowest BCUT2D eigenvalue weighted by Gasteiger charge is -2.08. The summed E-state index contributed by atoms with van der Waals surface area (Å²) in [6, 6.07) is 4.96. The van der Waals surface area contributed by atoms with E-state index in [0.717, 1.165) is 0 Å². The first-order valence-electron chi connectivity index (χ1n) is 4.23. The molecule has 0 unspecified atom stereocenters. The van der Waals surface area contributed by atoms with Crippen LogP contribution < -0.4 is 4.74 Å². The quantitative estimate of drug-likeness (QED) is 0.744. The van der Waals surface area contributed by atoms with Gasteiger partial charge in [0.2, 0.25) is 0 Å². The van der Waals surface area contributed by atoms with E-state index in [-0.39, 0.29) is 5.56 Å². The molecule has 74 valence electrons. The Labute approximate surface area is 82.6 Å². The van der Waals surface area contributed by atoms with Crippen molar-refractivity contribution in [1.29, 1.82) is 0 Å². The third-order valence-electron chi connectivity index (χ3n) is 1.87. The maximum absolute atomic E-state index is 10.8. The molecule has 1 N–H and O–H groups in total. The molecule has 0 radical (unpaired) electrons. The molecule has 0 aliphatic rings. The SMILES string of the molecule is C=CCOc1cccc(C(=O)O)c1C. The van der Waals surface area contributed by atoms with E-state index in [1.165, 1.54) is 0 Å². The van der Waals surface area contributed by atoms with Gasteiger partial charge in [0.15, 0.2) is 0 Å². The minimum atomic E-state index is -0.938. The summed E-state index contributed by atoms with van der Waals surface area (Å²) in [7, 11) is 0. The average Bonchev–Trinajstić information content (AvgIpc) is 2.16. The molecule has 0 aliphatic heterocycles. The Morgan fingerprint density at radius 1 is 1.64 bits per heavy atom. The van der Waals surface area contributed by atoms with Crippen LogP contribution in [0.25, 0.3) is 0 Å². The summed E-state index contributed by atoms with van der Waals surface area (Å²) < 4.78 is 5.30. The van der Waals surface area contributed by atoms with Gasteiger partial charge < -0.3 is 9.84 Å². The molecule has 3 heteroatoms. The van der Waals surface area contributed by atoms with E-state index in [2.05, 4.69) is 6.58 Å². The topological polar surface area (TPSA) is 46.5 Å². The van der Waals surface area contributed by atoms with E-state index in [1.807, 2.05) is 0 Å². The first-order chi connectivity index (χ1) is 6.66. The first-order valence-corrected chi connectivity index (χ1v) is 4.23. The molecular formula is C11H12O3. The fraction of sp³-hybridized carbons (Fsp3) is 0.182. The molecule has 0 fully saturated rings. The van der Waals surface area contributed by atoms with Crippen LogP contribution in [-0.2, 0) is 0 Å². The zero-order chi connectivity index (χ0) is 10.6. The standard InChI is InChI=1S/C11H12O3/c1-3-7-14-10-6-4-5-9(8(10)2)11(12)13/h3-6H,1,7H2,2H3,(H,12,13). The van der Waals surface area contributed by atoms with Crippen molar-refractivity contribution < 1.29 is 14.6 Å². The van der Waals surface area contributed by atoms with Crippen molar-refractivity contribution in [1.82, 2.24) is 0 Å². The Hall–Kier alpha value is -1.77. The van der Waals surface area contributed by atoms with Gasteiger partial charge in [0.05, 0.1) is 5.56 Å². The molecule has 0 amide bonds. The summed E-state index contributed by atoms with van der Waals surface area (Å²) in [6.07, 6.45) is 1.62. The molecule has 14 heavy (non-hydrogen) atoms. The molecule has 1 aromatic carbocycles. The Morgan fingerprint density at radius 3 is 2.93 bits per heavy atom. The predicted octanol–water partition coefficient (Wildman–Crippen LogP) is 2.26. The molecule has 1 rings (SSSR count). The fourth-order valence-electron chi connectivity index (χ4n) is 1.15. The Morgan fingerprint density at radius 2 is 2.36 bits per heavy atom. The minimum Gasteiger partial charge on any atom is -0.489 e. The van der Waals surface area contributed by atoms with Gasteiger partial charge in [-0.2, -0.15) is 0 Å². The smallest absolute Gasteiger partial charge is 0.336 e. The molecule has 3 nitrogen and oxygen atoms in total. The summed E-state index contributed by atoms with van der Waals surface area (Å²) in [5, 5.41) is 8.84. The monoisotopic (exact) mass is 192 g/mol. The van der Waals surface area contributed by atoms with Crippen LogP contribution in [0.2, 0.25) is 0 Å². The summed E-state index contributed by atoms with van der Waals surface area (Å²) in [5.41, 5.74) is 0.911. The van der Waals surface area contributed by atoms with Gasteiger partial charge in [-0.1, -0.05) is 18.7 Å². The highest BCUT2D eigenvalue weighted by Gasteiger charge is 2.09. The van der Waals surface area contributed by atoms with E-state index >= 15 is 0 Å². The van der Waals surface area contributed by atoms with Crippen molar-refractivity contribution in [3.05, 3.63) is 42.0 Å². The molecule has 0 aromatic heterocycles. The van der Waals surface area contributed by atoms with Gasteiger partial charge in [-0.25, -0.2) is 4.79 Å². The van der Waals surface area contributed by atoms with E-state index < -0.39 is 5.97 Å². The minimum absolute atomic E-state index is 0.270. The van der Waals surface area contributed by atoms with Crippen LogP contribution in [0.5, 0.6) is 5.75 Å². The van der Waals surface area contributed by atoms with Crippen molar-refractivity contribution in [2.75, 3.05) is 6.61 Å². The molecule has 0 saturated heterocycles. The predicted molar refractivity (Wildman–Crippen MR) is 53.8 cm³/mol. The lowest BCUT2D eigenvalue weighted by molar-refractivity contribution is 0.0695. The van der Waals surface area contributed by atoms with Gasteiger partial charge in [-0.3, -0.25) is 0 Å². The Balaban J connectivity index is 3.01. The molecular weight excluding hydrogens is 180 g/mol. The van der Waals surface area contributed by atoms with Gasteiger partial charge in [0.25, 0.3) is 0 Å². The Kier molecular flexibility index (Phi) is 3.29. The highest BCUT2D eigenvalue weighted by atomic mass is 16.5. The zero-order valence-corrected chi connectivity index (χ0v) is 7.99. The largest absolute Gasteiger partial charge is 0.489 e. The van der Waals surface area contributed by atoms with Gasteiger partial charge in [-0.15, -0.1) is 0 Å². The molecule has 0 aliphatic carbocycles. The normalized spacial score (nSPS) is 9.50. The van der Waals surface area contributed by atoms with E-state index in [1.54, 1.807) is 31.2 Å². The maximum atomic E-state index is 10.8. The van der Waals surface area contributed by atoms with Gasteiger partial charge in [0, 0.05) is 5.56 Å². The van der Waals surface area contributed by atoms with Crippen LogP contribution in [0.1, 0.15) is 15.9 Å². The fourth-order valence-corrected chi connectivity index (χ4v) is 1.15. The number of benzene rings is 1. The number of ether oxygens (including phenoxy) is 1. The summed E-state index contributed by atoms with van der Waals surface area (Å²) in [6.45, 7) is 5.62. The highest BCUT2D eigenvalue weighted by Crippen LogP contribution is 2.21. The number of carboxylic acids is 1. The molecule has 0 bridgehead atoms. The van der Waals surface area contributed by atoms with Crippen molar-refractivity contribution in [3.63, 3.8) is 0 Å². The van der Waals surface area contributed by atoms with Gasteiger partial charge in [0.1, 0.15) is 12.4 Å². The number of carbonyl (C=O) groups is 1. The second-order valence-electron chi connectivity index (χ2n) is 2.83. The number of hydrogen-bond acceptors (Lipinski definition) is 2. The van der Waals surface area contributed by atoms with Crippen LogP contribution in [0, 0.1) is 6.92 Å². The molecule has 0 atom stereocenters. The first kappa shape index (κ1) is 10.3. The second-order valence-corrected chi connectivity index (χ2v) is 2.83. The van der Waals surface area contributed by atoms with Crippen LogP contribution in [0.15, 0.2) is 30.9 Å².